The number of halogens is 1. The topological polar surface area (TPSA) is 58.6 Å². The summed E-state index contributed by atoms with van der Waals surface area (Å²) in [5.74, 6) is 0.0893. The quantitative estimate of drug-likeness (QED) is 0.709. The van der Waals surface area contributed by atoms with Gasteiger partial charge in [-0.05, 0) is 37.3 Å². The number of benzene rings is 2. The van der Waals surface area contributed by atoms with Crippen LogP contribution in [0.25, 0.3) is 11.5 Å². The van der Waals surface area contributed by atoms with Crippen LogP contribution in [0.3, 0.4) is 0 Å². The molecule has 0 radical (unpaired) electrons. The Bertz CT molecular complexity index is 823. The molecule has 0 unspecified atom stereocenters. The van der Waals surface area contributed by atoms with Crippen LogP contribution in [0.5, 0.6) is 5.95 Å². The van der Waals surface area contributed by atoms with Gasteiger partial charge in [-0.15, -0.1) is 0 Å². The summed E-state index contributed by atoms with van der Waals surface area (Å²) >= 11 is 5.90. The molecule has 0 amide bonds. The normalized spacial score (nSPS) is 11.2. The predicted octanol–water partition coefficient (Wildman–Crippen LogP) is 4.76. The minimum atomic E-state index is -0.263. The molecule has 3 rings (SSSR count). The van der Waals surface area contributed by atoms with Crippen molar-refractivity contribution >= 4 is 23.5 Å². The molecule has 2 aromatic carbocycles. The summed E-state index contributed by atoms with van der Waals surface area (Å²) in [7, 11) is 0. The van der Waals surface area contributed by atoms with Crippen LogP contribution in [-0.2, 0) is 0 Å². The number of nitrogens with zero attached hydrogens (tertiary/aromatic N) is 2. The van der Waals surface area contributed by atoms with Crippen molar-refractivity contribution in [3.63, 3.8) is 0 Å². The lowest BCUT2D eigenvalue weighted by atomic mass is 10.1. The maximum absolute atomic E-state index is 9.83. The van der Waals surface area contributed by atoms with E-state index in [-0.39, 0.29) is 11.6 Å². The average Bonchev–Trinajstić information content (AvgIpc) is 2.87. The minimum Gasteiger partial charge on any atom is -0.479 e. The largest absolute Gasteiger partial charge is 0.479 e. The van der Waals surface area contributed by atoms with Crippen molar-refractivity contribution in [2.75, 3.05) is 0 Å². The first-order valence-corrected chi connectivity index (χ1v) is 7.06. The van der Waals surface area contributed by atoms with E-state index in [1.54, 1.807) is 24.3 Å². The van der Waals surface area contributed by atoms with E-state index in [9.17, 15) is 5.11 Å². The minimum absolute atomic E-state index is 0.263. The Kier molecular flexibility index (Phi) is 3.94. The van der Waals surface area contributed by atoms with Crippen LogP contribution < -0.4 is 0 Å². The van der Waals surface area contributed by atoms with Gasteiger partial charge in [0.1, 0.15) is 0 Å². The molecule has 5 heteroatoms. The molecule has 0 atom stereocenters. The predicted molar refractivity (Wildman–Crippen MR) is 87.0 cm³/mol. The van der Waals surface area contributed by atoms with Crippen LogP contribution in [-0.4, -0.2) is 16.3 Å². The third-order valence-corrected chi connectivity index (χ3v) is 3.31. The van der Waals surface area contributed by atoms with Gasteiger partial charge in [0.25, 0.3) is 0 Å². The van der Waals surface area contributed by atoms with E-state index in [1.165, 1.54) is 6.21 Å². The average molecular weight is 313 g/mol. The van der Waals surface area contributed by atoms with Crippen molar-refractivity contribution in [3.8, 4) is 17.4 Å². The zero-order chi connectivity index (χ0) is 15.5. The third-order valence-electron chi connectivity index (χ3n) is 3.08. The van der Waals surface area contributed by atoms with Crippen molar-refractivity contribution < 1.29 is 9.52 Å². The summed E-state index contributed by atoms with van der Waals surface area (Å²) in [5.41, 5.74) is 2.88. The van der Waals surface area contributed by atoms with E-state index in [0.717, 1.165) is 11.1 Å². The van der Waals surface area contributed by atoms with Gasteiger partial charge in [0.2, 0.25) is 5.89 Å². The van der Waals surface area contributed by atoms with Gasteiger partial charge >= 0.3 is 5.95 Å². The molecule has 0 aliphatic carbocycles. The van der Waals surface area contributed by atoms with E-state index in [2.05, 4.69) is 9.98 Å². The first kappa shape index (κ1) is 14.4. The third kappa shape index (κ3) is 3.18. The molecule has 3 aromatic rings. The molecule has 0 aliphatic heterocycles. The molecule has 0 bridgehead atoms. The molecule has 22 heavy (non-hydrogen) atoms. The molecule has 1 heterocycles. The van der Waals surface area contributed by atoms with E-state index < -0.39 is 0 Å². The van der Waals surface area contributed by atoms with Crippen molar-refractivity contribution in [1.82, 2.24) is 4.98 Å². The van der Waals surface area contributed by atoms with Crippen LogP contribution in [0.4, 0.5) is 5.69 Å². The highest BCUT2D eigenvalue weighted by molar-refractivity contribution is 6.30. The molecule has 0 saturated carbocycles. The van der Waals surface area contributed by atoms with Gasteiger partial charge in [0.05, 0.1) is 11.9 Å². The summed E-state index contributed by atoms with van der Waals surface area (Å²) in [6.07, 6.45) is 1.45. The number of oxazole rings is 1. The summed E-state index contributed by atoms with van der Waals surface area (Å²) in [6.45, 7) is 2.00. The van der Waals surface area contributed by atoms with Gasteiger partial charge < -0.3 is 9.52 Å². The molecule has 0 spiro atoms. The number of hydrogen-bond donors (Lipinski definition) is 1. The van der Waals surface area contributed by atoms with Crippen molar-refractivity contribution in [3.05, 3.63) is 64.8 Å². The molecule has 1 aromatic heterocycles. The highest BCUT2D eigenvalue weighted by Gasteiger charge is 2.12. The first-order valence-electron chi connectivity index (χ1n) is 6.68. The molecule has 1 N–H and O–H groups in total. The lowest BCUT2D eigenvalue weighted by Crippen LogP contribution is -1.83. The van der Waals surface area contributed by atoms with Gasteiger partial charge in [-0.2, -0.15) is 0 Å². The van der Waals surface area contributed by atoms with Crippen molar-refractivity contribution in [2.24, 2.45) is 4.99 Å². The zero-order valence-corrected chi connectivity index (χ0v) is 12.6. The van der Waals surface area contributed by atoms with Gasteiger partial charge in [-0.25, -0.2) is 4.98 Å². The number of aryl methyl sites for hydroxylation is 1. The Balaban J connectivity index is 1.88. The maximum atomic E-state index is 9.83. The Morgan fingerprint density at radius 3 is 2.68 bits per heavy atom. The van der Waals surface area contributed by atoms with Crippen molar-refractivity contribution in [2.45, 2.75) is 6.92 Å². The summed E-state index contributed by atoms with van der Waals surface area (Å²) in [5, 5.41) is 10.4. The standard InChI is InChI=1S/C17H13ClN2O2/c1-11-5-7-12(8-6-11)16-20-15(17(21)22-16)10-19-14-4-2-3-13(18)9-14/h2-10,21H,1H3. The zero-order valence-electron chi connectivity index (χ0n) is 11.8. The Morgan fingerprint density at radius 1 is 1.18 bits per heavy atom. The van der Waals surface area contributed by atoms with E-state index in [4.69, 9.17) is 16.0 Å². The second-order valence-corrected chi connectivity index (χ2v) is 5.25. The second kappa shape index (κ2) is 6.03. The number of hydrogen-bond acceptors (Lipinski definition) is 4. The van der Waals surface area contributed by atoms with Gasteiger partial charge in [-0.1, -0.05) is 35.4 Å². The van der Waals surface area contributed by atoms with E-state index in [1.807, 2.05) is 31.2 Å². The second-order valence-electron chi connectivity index (χ2n) is 4.81. The maximum Gasteiger partial charge on any atom is 0.312 e. The van der Waals surface area contributed by atoms with Crippen LogP contribution in [0, 0.1) is 6.92 Å². The van der Waals surface area contributed by atoms with Crippen LogP contribution in [0.15, 0.2) is 57.9 Å². The lowest BCUT2D eigenvalue weighted by Gasteiger charge is -1.95. The molecule has 0 fully saturated rings. The van der Waals surface area contributed by atoms with E-state index >= 15 is 0 Å². The first-order chi connectivity index (χ1) is 10.6. The SMILES string of the molecule is Cc1ccc(-c2nc(C=Nc3cccc(Cl)c3)c(O)o2)cc1. The fourth-order valence-corrected chi connectivity index (χ4v) is 2.10. The number of rotatable bonds is 3. The molecular formula is C17H13ClN2O2. The summed E-state index contributed by atoms with van der Waals surface area (Å²) in [4.78, 5) is 8.48. The van der Waals surface area contributed by atoms with E-state index in [0.29, 0.717) is 16.6 Å². The van der Waals surface area contributed by atoms with Gasteiger partial charge in [0, 0.05) is 10.6 Å². The molecular weight excluding hydrogens is 300 g/mol. The number of aromatic hydroxyl groups is 1. The molecule has 0 aliphatic rings. The van der Waals surface area contributed by atoms with Gasteiger partial charge in [-0.3, -0.25) is 4.99 Å². The highest BCUT2D eigenvalue weighted by Crippen LogP contribution is 2.26. The lowest BCUT2D eigenvalue weighted by molar-refractivity contribution is 0.337. The summed E-state index contributed by atoms with van der Waals surface area (Å²) < 4.78 is 5.28. The Labute approximate surface area is 132 Å². The van der Waals surface area contributed by atoms with Crippen LogP contribution >= 0.6 is 11.6 Å². The molecule has 0 saturated heterocycles. The van der Waals surface area contributed by atoms with Crippen molar-refractivity contribution in [1.29, 1.82) is 0 Å². The fourth-order valence-electron chi connectivity index (χ4n) is 1.92. The summed E-state index contributed by atoms with van der Waals surface area (Å²) in [6, 6.07) is 14.8. The molecule has 110 valence electrons. The smallest absolute Gasteiger partial charge is 0.312 e. The molecule has 4 nitrogen and oxygen atoms in total. The van der Waals surface area contributed by atoms with Gasteiger partial charge in [0.15, 0.2) is 5.69 Å². The Hall–Kier alpha value is -2.59. The Morgan fingerprint density at radius 2 is 1.95 bits per heavy atom. The van der Waals surface area contributed by atoms with Crippen LogP contribution in [0.1, 0.15) is 11.3 Å². The van der Waals surface area contributed by atoms with Crippen LogP contribution in [0.2, 0.25) is 5.02 Å². The number of aliphatic imine (C=N–C) groups is 1. The monoisotopic (exact) mass is 312 g/mol. The fraction of sp³-hybridized carbons (Fsp3) is 0.0588. The number of aromatic nitrogens is 1. The highest BCUT2D eigenvalue weighted by atomic mass is 35.5.